The van der Waals surface area contributed by atoms with E-state index in [1.54, 1.807) is 18.5 Å². The maximum Gasteiger partial charge on any atom is 0.354 e. The number of hydrogen-bond donors (Lipinski definition) is 2. The second-order valence-electron chi connectivity index (χ2n) is 3.25. The highest BCUT2D eigenvalue weighted by Crippen LogP contribution is 2.01. The van der Waals surface area contributed by atoms with E-state index < -0.39 is 5.97 Å². The Morgan fingerprint density at radius 2 is 2.31 bits per heavy atom. The molecule has 6 heteroatoms. The van der Waals surface area contributed by atoms with Gasteiger partial charge in [0.15, 0.2) is 0 Å². The van der Waals surface area contributed by atoms with Crippen LogP contribution >= 0.6 is 0 Å². The lowest BCUT2D eigenvalue weighted by Gasteiger charge is -2.01. The number of pyridine rings is 1. The third-order valence-corrected chi connectivity index (χ3v) is 2.12. The number of nitrogens with one attached hydrogen (secondary N) is 1. The van der Waals surface area contributed by atoms with E-state index in [1.807, 2.05) is 0 Å². The zero-order valence-electron chi connectivity index (χ0n) is 8.25. The summed E-state index contributed by atoms with van der Waals surface area (Å²) in [6, 6.07) is 3.05. The molecule has 0 aliphatic rings. The number of carbonyl (C=O) groups is 1. The monoisotopic (exact) mass is 219 g/mol. The van der Waals surface area contributed by atoms with E-state index in [9.17, 15) is 9.59 Å². The molecule has 2 N–H and O–H groups in total. The quantitative estimate of drug-likeness (QED) is 0.778. The predicted octanol–water partition coefficient (Wildman–Crippen LogP) is 0.318. The largest absolute Gasteiger partial charge is 0.477 e. The fourth-order valence-electron chi connectivity index (χ4n) is 1.31. The Kier molecular flexibility index (Phi) is 2.55. The van der Waals surface area contributed by atoms with Crippen LogP contribution in [0.15, 0.2) is 35.5 Å². The summed E-state index contributed by atoms with van der Waals surface area (Å²) in [4.78, 5) is 28.0. The van der Waals surface area contributed by atoms with Gasteiger partial charge in [-0.15, -0.1) is 0 Å². The fourth-order valence-corrected chi connectivity index (χ4v) is 1.31. The standard InChI is InChI=1S/C10H9N3O3/c14-9(15)8-2-1-7(5-12-8)6-13-4-3-11-10(13)16/h1-5H,6H2,(H,11,16)(H,14,15). The molecular weight excluding hydrogens is 210 g/mol. The van der Waals surface area contributed by atoms with Crippen molar-refractivity contribution in [2.24, 2.45) is 0 Å². The van der Waals surface area contributed by atoms with Gasteiger partial charge in [0.1, 0.15) is 5.69 Å². The summed E-state index contributed by atoms with van der Waals surface area (Å²) in [6.07, 6.45) is 4.61. The third-order valence-electron chi connectivity index (χ3n) is 2.12. The van der Waals surface area contributed by atoms with Gasteiger partial charge in [0.05, 0.1) is 6.54 Å². The molecule has 2 heterocycles. The highest BCUT2D eigenvalue weighted by molar-refractivity contribution is 5.85. The van der Waals surface area contributed by atoms with Gasteiger partial charge in [-0.2, -0.15) is 0 Å². The summed E-state index contributed by atoms with van der Waals surface area (Å²) < 4.78 is 1.47. The first-order chi connectivity index (χ1) is 7.66. The summed E-state index contributed by atoms with van der Waals surface area (Å²) in [5, 5.41) is 8.65. The van der Waals surface area contributed by atoms with Gasteiger partial charge in [-0.25, -0.2) is 14.6 Å². The number of carboxylic acid groups (broad SMARTS) is 1. The van der Waals surface area contributed by atoms with Crippen LogP contribution in [-0.2, 0) is 6.54 Å². The highest BCUT2D eigenvalue weighted by atomic mass is 16.4. The van der Waals surface area contributed by atoms with E-state index in [2.05, 4.69) is 9.97 Å². The van der Waals surface area contributed by atoms with Gasteiger partial charge in [-0.3, -0.25) is 4.57 Å². The van der Waals surface area contributed by atoms with E-state index in [1.165, 1.54) is 16.8 Å². The summed E-state index contributed by atoms with van der Waals surface area (Å²) in [5.41, 5.74) is 0.555. The average molecular weight is 219 g/mol. The van der Waals surface area contributed by atoms with Crippen molar-refractivity contribution in [1.82, 2.24) is 14.5 Å². The summed E-state index contributed by atoms with van der Waals surface area (Å²) in [7, 11) is 0. The molecule has 0 saturated heterocycles. The number of aromatic amines is 1. The Balaban J connectivity index is 2.20. The van der Waals surface area contributed by atoms with Crippen molar-refractivity contribution in [3.05, 3.63) is 52.5 Å². The second kappa shape index (κ2) is 4.01. The molecule has 0 aromatic carbocycles. The van der Waals surface area contributed by atoms with Crippen LogP contribution in [0.3, 0.4) is 0 Å². The summed E-state index contributed by atoms with van der Waals surface area (Å²) in [6.45, 7) is 0.370. The van der Waals surface area contributed by atoms with Crippen molar-refractivity contribution in [3.8, 4) is 0 Å². The summed E-state index contributed by atoms with van der Waals surface area (Å²) >= 11 is 0. The molecule has 0 aliphatic heterocycles. The van der Waals surface area contributed by atoms with E-state index in [-0.39, 0.29) is 11.4 Å². The number of nitrogens with zero attached hydrogens (tertiary/aromatic N) is 2. The van der Waals surface area contributed by atoms with Crippen LogP contribution in [0.5, 0.6) is 0 Å². The topological polar surface area (TPSA) is 88.0 Å². The molecule has 0 atom stereocenters. The van der Waals surface area contributed by atoms with Crippen molar-refractivity contribution in [1.29, 1.82) is 0 Å². The zero-order valence-corrected chi connectivity index (χ0v) is 8.25. The maximum atomic E-state index is 11.2. The number of aromatic carboxylic acids is 1. The first-order valence-electron chi connectivity index (χ1n) is 4.59. The zero-order chi connectivity index (χ0) is 11.5. The normalized spacial score (nSPS) is 10.2. The Morgan fingerprint density at radius 1 is 1.50 bits per heavy atom. The fraction of sp³-hybridized carbons (Fsp3) is 0.100. The second-order valence-corrected chi connectivity index (χ2v) is 3.25. The number of H-pyrrole nitrogens is 1. The number of rotatable bonds is 3. The average Bonchev–Trinajstić information content (AvgIpc) is 2.65. The smallest absolute Gasteiger partial charge is 0.354 e. The Labute approximate surface area is 90.2 Å². The molecule has 82 valence electrons. The van der Waals surface area contributed by atoms with E-state index in [4.69, 9.17) is 5.11 Å². The molecule has 0 fully saturated rings. The molecule has 2 aromatic heterocycles. The van der Waals surface area contributed by atoms with Gasteiger partial charge >= 0.3 is 11.7 Å². The molecular formula is C10H9N3O3. The Hall–Kier alpha value is -2.37. The van der Waals surface area contributed by atoms with Gasteiger partial charge in [0.2, 0.25) is 0 Å². The minimum Gasteiger partial charge on any atom is -0.477 e. The maximum absolute atomic E-state index is 11.2. The van der Waals surface area contributed by atoms with Crippen LogP contribution in [0.1, 0.15) is 16.1 Å². The van der Waals surface area contributed by atoms with Gasteiger partial charge in [-0.1, -0.05) is 6.07 Å². The molecule has 0 amide bonds. The number of imidazole rings is 1. The van der Waals surface area contributed by atoms with Crippen LogP contribution < -0.4 is 5.69 Å². The van der Waals surface area contributed by atoms with E-state index >= 15 is 0 Å². The van der Waals surface area contributed by atoms with Crippen molar-refractivity contribution < 1.29 is 9.90 Å². The third kappa shape index (κ3) is 2.00. The Bertz CT molecular complexity index is 553. The lowest BCUT2D eigenvalue weighted by Crippen LogP contribution is -2.16. The first kappa shape index (κ1) is 10.2. The SMILES string of the molecule is O=C(O)c1ccc(Cn2cc[nH]c2=O)cn1. The molecule has 0 bridgehead atoms. The van der Waals surface area contributed by atoms with Crippen molar-refractivity contribution in [2.45, 2.75) is 6.54 Å². The van der Waals surface area contributed by atoms with Gasteiger partial charge < -0.3 is 10.1 Å². The van der Waals surface area contributed by atoms with Crippen molar-refractivity contribution in [2.75, 3.05) is 0 Å². The lowest BCUT2D eigenvalue weighted by atomic mass is 10.2. The predicted molar refractivity (Wildman–Crippen MR) is 55.4 cm³/mol. The van der Waals surface area contributed by atoms with Gasteiger partial charge in [-0.05, 0) is 11.6 Å². The summed E-state index contributed by atoms with van der Waals surface area (Å²) in [5.74, 6) is -1.06. The lowest BCUT2D eigenvalue weighted by molar-refractivity contribution is 0.0690. The molecule has 0 saturated carbocycles. The van der Waals surface area contributed by atoms with Gasteiger partial charge in [0.25, 0.3) is 0 Å². The van der Waals surface area contributed by atoms with Crippen LogP contribution in [0.2, 0.25) is 0 Å². The van der Waals surface area contributed by atoms with Crippen LogP contribution in [0.4, 0.5) is 0 Å². The first-order valence-corrected chi connectivity index (χ1v) is 4.59. The molecule has 0 radical (unpaired) electrons. The van der Waals surface area contributed by atoms with Crippen molar-refractivity contribution in [3.63, 3.8) is 0 Å². The molecule has 2 rings (SSSR count). The minimum absolute atomic E-state index is 0.00911. The number of carboxylic acids is 1. The van der Waals surface area contributed by atoms with Crippen LogP contribution in [-0.4, -0.2) is 25.6 Å². The molecule has 0 aliphatic carbocycles. The molecule has 6 nitrogen and oxygen atoms in total. The number of hydrogen-bond acceptors (Lipinski definition) is 3. The molecule has 16 heavy (non-hydrogen) atoms. The Morgan fingerprint density at radius 3 is 2.81 bits per heavy atom. The number of aromatic nitrogens is 3. The van der Waals surface area contributed by atoms with E-state index in [0.717, 1.165) is 5.56 Å². The molecule has 0 unspecified atom stereocenters. The minimum atomic E-state index is -1.06. The van der Waals surface area contributed by atoms with E-state index in [0.29, 0.717) is 6.54 Å². The molecule has 0 spiro atoms. The van der Waals surface area contributed by atoms with Gasteiger partial charge in [0, 0.05) is 18.6 Å². The van der Waals surface area contributed by atoms with Crippen molar-refractivity contribution >= 4 is 5.97 Å². The van der Waals surface area contributed by atoms with Crippen LogP contribution in [0, 0.1) is 0 Å². The highest BCUT2D eigenvalue weighted by Gasteiger charge is 2.04. The van der Waals surface area contributed by atoms with Crippen LogP contribution in [0.25, 0.3) is 0 Å². The molecule has 2 aromatic rings.